The average molecular weight is 245 g/mol. The van der Waals surface area contributed by atoms with Crippen molar-refractivity contribution < 1.29 is 0 Å². The zero-order valence-corrected chi connectivity index (χ0v) is 11.0. The van der Waals surface area contributed by atoms with Crippen LogP contribution in [0, 0.1) is 11.8 Å². The molecule has 0 amide bonds. The molecule has 98 valence electrons. The van der Waals surface area contributed by atoms with E-state index in [0.717, 1.165) is 18.4 Å². The van der Waals surface area contributed by atoms with Crippen molar-refractivity contribution in [3.63, 3.8) is 0 Å². The molecule has 2 aliphatic rings. The quantitative estimate of drug-likeness (QED) is 0.881. The Hall–Kier alpha value is -0.930. The molecular formula is C15H23N3. The summed E-state index contributed by atoms with van der Waals surface area (Å²) in [5.41, 5.74) is 1.21. The van der Waals surface area contributed by atoms with E-state index in [2.05, 4.69) is 27.3 Å². The van der Waals surface area contributed by atoms with Gasteiger partial charge in [-0.1, -0.05) is 6.07 Å². The van der Waals surface area contributed by atoms with Crippen LogP contribution in [-0.2, 0) is 6.54 Å². The summed E-state index contributed by atoms with van der Waals surface area (Å²) in [6.07, 6.45) is 6.04. The molecule has 18 heavy (non-hydrogen) atoms. The summed E-state index contributed by atoms with van der Waals surface area (Å²) in [5, 5.41) is 3.47. The van der Waals surface area contributed by atoms with Crippen molar-refractivity contribution in [2.75, 3.05) is 26.2 Å². The van der Waals surface area contributed by atoms with Crippen molar-refractivity contribution >= 4 is 0 Å². The number of aromatic nitrogens is 1. The summed E-state index contributed by atoms with van der Waals surface area (Å²) in [7, 11) is 0. The summed E-state index contributed by atoms with van der Waals surface area (Å²) in [4.78, 5) is 7.01. The van der Waals surface area contributed by atoms with Gasteiger partial charge in [0.25, 0.3) is 0 Å². The molecule has 1 aromatic heterocycles. The molecule has 3 heteroatoms. The molecule has 0 aromatic carbocycles. The van der Waals surface area contributed by atoms with Crippen LogP contribution in [-0.4, -0.2) is 36.1 Å². The summed E-state index contributed by atoms with van der Waals surface area (Å²) < 4.78 is 0. The Bertz CT molecular complexity index is 359. The van der Waals surface area contributed by atoms with Crippen LogP contribution >= 0.6 is 0 Å². The molecule has 1 atom stereocenters. The van der Waals surface area contributed by atoms with Crippen LogP contribution in [0.2, 0.25) is 0 Å². The molecule has 3 heterocycles. The number of rotatable bonds is 3. The Kier molecular flexibility index (Phi) is 3.91. The average Bonchev–Trinajstić information content (AvgIpc) is 2.89. The summed E-state index contributed by atoms with van der Waals surface area (Å²) in [6.45, 7) is 6.01. The van der Waals surface area contributed by atoms with E-state index in [0.29, 0.717) is 0 Å². The molecule has 0 radical (unpaired) electrons. The smallest absolute Gasteiger partial charge is 0.0543 e. The highest BCUT2D eigenvalue weighted by Crippen LogP contribution is 2.30. The Morgan fingerprint density at radius 3 is 2.83 bits per heavy atom. The zero-order chi connectivity index (χ0) is 12.2. The van der Waals surface area contributed by atoms with E-state index in [9.17, 15) is 0 Å². The highest BCUT2D eigenvalue weighted by Gasteiger charge is 2.30. The molecule has 2 aliphatic heterocycles. The zero-order valence-electron chi connectivity index (χ0n) is 11.0. The maximum absolute atomic E-state index is 4.43. The SMILES string of the molecule is c1ccc(CN2CCC(C3CCNCC3)C2)nc1. The van der Waals surface area contributed by atoms with Gasteiger partial charge < -0.3 is 5.32 Å². The molecule has 1 N–H and O–H groups in total. The largest absolute Gasteiger partial charge is 0.317 e. The lowest BCUT2D eigenvalue weighted by Crippen LogP contribution is -2.32. The van der Waals surface area contributed by atoms with Crippen molar-refractivity contribution in [3.8, 4) is 0 Å². The highest BCUT2D eigenvalue weighted by molar-refractivity contribution is 5.03. The summed E-state index contributed by atoms with van der Waals surface area (Å²) in [6, 6.07) is 6.21. The van der Waals surface area contributed by atoms with Crippen molar-refractivity contribution in [1.82, 2.24) is 15.2 Å². The second kappa shape index (κ2) is 5.81. The third-order valence-corrected chi connectivity index (χ3v) is 4.47. The first-order valence-corrected chi connectivity index (χ1v) is 7.25. The molecule has 0 bridgehead atoms. The molecule has 2 fully saturated rings. The fraction of sp³-hybridized carbons (Fsp3) is 0.667. The number of piperidine rings is 1. The normalized spacial score (nSPS) is 26.6. The molecule has 3 rings (SSSR count). The van der Waals surface area contributed by atoms with Gasteiger partial charge in [-0.15, -0.1) is 0 Å². The van der Waals surface area contributed by atoms with Crippen LogP contribution in [0.1, 0.15) is 25.0 Å². The van der Waals surface area contributed by atoms with Gasteiger partial charge in [0.05, 0.1) is 5.69 Å². The highest BCUT2D eigenvalue weighted by atomic mass is 15.2. The minimum absolute atomic E-state index is 0.927. The van der Waals surface area contributed by atoms with Gasteiger partial charge >= 0.3 is 0 Å². The third kappa shape index (κ3) is 2.90. The predicted octanol–water partition coefficient (Wildman–Crippen LogP) is 1.90. The minimum atomic E-state index is 0.927. The van der Waals surface area contributed by atoms with E-state index in [4.69, 9.17) is 0 Å². The topological polar surface area (TPSA) is 28.2 Å². The van der Waals surface area contributed by atoms with E-state index in [-0.39, 0.29) is 0 Å². The van der Waals surface area contributed by atoms with Gasteiger partial charge in [-0.3, -0.25) is 9.88 Å². The maximum atomic E-state index is 4.43. The van der Waals surface area contributed by atoms with Crippen LogP contribution in [0.5, 0.6) is 0 Å². The van der Waals surface area contributed by atoms with Crippen molar-refractivity contribution in [3.05, 3.63) is 30.1 Å². The van der Waals surface area contributed by atoms with Gasteiger partial charge in [-0.05, 0) is 62.9 Å². The number of nitrogens with one attached hydrogen (secondary N) is 1. The Balaban J connectivity index is 1.52. The standard InChI is InChI=1S/C15H23N3/c1-2-7-17-15(3-1)12-18-10-6-14(11-18)13-4-8-16-9-5-13/h1-3,7,13-14,16H,4-6,8-12H2. The minimum Gasteiger partial charge on any atom is -0.317 e. The van der Waals surface area contributed by atoms with Crippen LogP contribution in [0.3, 0.4) is 0 Å². The molecule has 1 unspecified atom stereocenters. The summed E-state index contributed by atoms with van der Waals surface area (Å²) >= 11 is 0. The molecule has 2 saturated heterocycles. The lowest BCUT2D eigenvalue weighted by Gasteiger charge is -2.28. The van der Waals surface area contributed by atoms with E-state index in [1.165, 1.54) is 51.1 Å². The van der Waals surface area contributed by atoms with Gasteiger partial charge in [-0.25, -0.2) is 0 Å². The van der Waals surface area contributed by atoms with Crippen molar-refractivity contribution in [2.45, 2.75) is 25.8 Å². The monoisotopic (exact) mass is 245 g/mol. The van der Waals surface area contributed by atoms with E-state index < -0.39 is 0 Å². The van der Waals surface area contributed by atoms with Gasteiger partial charge in [0, 0.05) is 19.3 Å². The van der Waals surface area contributed by atoms with Gasteiger partial charge in [-0.2, -0.15) is 0 Å². The van der Waals surface area contributed by atoms with Crippen LogP contribution in [0.15, 0.2) is 24.4 Å². The predicted molar refractivity (Wildman–Crippen MR) is 73.2 cm³/mol. The van der Waals surface area contributed by atoms with Gasteiger partial charge in [0.15, 0.2) is 0 Å². The first-order chi connectivity index (χ1) is 8.92. The second-order valence-corrected chi connectivity index (χ2v) is 5.69. The number of pyridine rings is 1. The van der Waals surface area contributed by atoms with E-state index >= 15 is 0 Å². The number of hydrogen-bond donors (Lipinski definition) is 1. The maximum Gasteiger partial charge on any atom is 0.0543 e. The molecule has 0 aliphatic carbocycles. The fourth-order valence-corrected chi connectivity index (χ4v) is 3.43. The van der Waals surface area contributed by atoms with Crippen molar-refractivity contribution in [1.29, 1.82) is 0 Å². The van der Waals surface area contributed by atoms with Gasteiger partial charge in [0.2, 0.25) is 0 Å². The molecule has 3 nitrogen and oxygen atoms in total. The van der Waals surface area contributed by atoms with E-state index in [1.54, 1.807) is 0 Å². The van der Waals surface area contributed by atoms with Crippen molar-refractivity contribution in [2.24, 2.45) is 11.8 Å². The number of hydrogen-bond acceptors (Lipinski definition) is 3. The Morgan fingerprint density at radius 2 is 2.06 bits per heavy atom. The lowest BCUT2D eigenvalue weighted by molar-refractivity contribution is 0.241. The lowest BCUT2D eigenvalue weighted by atomic mass is 9.84. The van der Waals surface area contributed by atoms with Crippen LogP contribution < -0.4 is 5.32 Å². The Morgan fingerprint density at radius 1 is 1.17 bits per heavy atom. The van der Waals surface area contributed by atoms with Gasteiger partial charge in [0.1, 0.15) is 0 Å². The number of nitrogens with zero attached hydrogens (tertiary/aromatic N) is 2. The van der Waals surface area contributed by atoms with E-state index in [1.807, 2.05) is 12.3 Å². The van der Waals surface area contributed by atoms with Crippen LogP contribution in [0.25, 0.3) is 0 Å². The number of likely N-dealkylation sites (tertiary alicyclic amines) is 1. The first-order valence-electron chi connectivity index (χ1n) is 7.25. The Labute approximate surface area is 110 Å². The molecule has 0 saturated carbocycles. The fourth-order valence-electron chi connectivity index (χ4n) is 3.43. The molecular weight excluding hydrogens is 222 g/mol. The first kappa shape index (κ1) is 12.1. The third-order valence-electron chi connectivity index (χ3n) is 4.47. The summed E-state index contributed by atoms with van der Waals surface area (Å²) in [5.74, 6) is 1.88. The molecule has 1 aromatic rings. The molecule has 0 spiro atoms. The van der Waals surface area contributed by atoms with Crippen LogP contribution in [0.4, 0.5) is 0 Å². The second-order valence-electron chi connectivity index (χ2n) is 5.69.